The van der Waals surface area contributed by atoms with Crippen LogP contribution in [0, 0.1) is 0 Å². The van der Waals surface area contributed by atoms with Crippen molar-refractivity contribution in [3.63, 3.8) is 0 Å². The predicted molar refractivity (Wildman–Crippen MR) is 54.3 cm³/mol. The summed E-state index contributed by atoms with van der Waals surface area (Å²) >= 11 is 0. The van der Waals surface area contributed by atoms with Gasteiger partial charge in [-0.05, 0) is 26.7 Å². The molecular weight excluding hydrogens is 196 g/mol. The van der Waals surface area contributed by atoms with Crippen LogP contribution in [0.5, 0.6) is 0 Å². The largest absolute Gasteiger partial charge is 0.394 e. The quantitative estimate of drug-likeness (QED) is 0.681. The Hall–Kier alpha value is -0.160. The van der Waals surface area contributed by atoms with Gasteiger partial charge in [-0.3, -0.25) is 0 Å². The van der Waals surface area contributed by atoms with E-state index in [0.29, 0.717) is 0 Å². The topological polar surface area (TPSA) is 58.9 Å². The van der Waals surface area contributed by atoms with Crippen molar-refractivity contribution in [1.82, 2.24) is 0 Å². The molecule has 0 bridgehead atoms. The van der Waals surface area contributed by atoms with Gasteiger partial charge >= 0.3 is 0 Å². The van der Waals surface area contributed by atoms with Gasteiger partial charge in [0.05, 0.1) is 12.7 Å². The van der Waals surface area contributed by atoms with E-state index in [-0.39, 0.29) is 6.61 Å². The summed E-state index contributed by atoms with van der Waals surface area (Å²) in [5.74, 6) is -0.703. The Morgan fingerprint density at radius 2 is 2.07 bits per heavy atom. The van der Waals surface area contributed by atoms with Gasteiger partial charge in [0.2, 0.25) is 0 Å². The van der Waals surface area contributed by atoms with Crippen molar-refractivity contribution in [2.75, 3.05) is 6.61 Å². The lowest BCUT2D eigenvalue weighted by Gasteiger charge is -2.40. The number of aliphatic hydroxyl groups excluding tert-OH is 2. The minimum Gasteiger partial charge on any atom is -0.394 e. The molecular formula is C11H20O4. The molecule has 1 saturated heterocycles. The molecule has 1 saturated carbocycles. The van der Waals surface area contributed by atoms with Crippen LogP contribution in [0.15, 0.2) is 0 Å². The molecule has 0 aromatic heterocycles. The Labute approximate surface area is 90.2 Å². The van der Waals surface area contributed by atoms with Gasteiger partial charge in [-0.25, -0.2) is 0 Å². The summed E-state index contributed by atoms with van der Waals surface area (Å²) < 4.78 is 11.5. The number of rotatable bonds is 1. The minimum atomic E-state index is -0.703. The molecule has 1 spiro atoms. The van der Waals surface area contributed by atoms with Crippen molar-refractivity contribution in [2.45, 2.75) is 63.1 Å². The Morgan fingerprint density at radius 3 is 2.67 bits per heavy atom. The number of hydrogen-bond donors (Lipinski definition) is 2. The standard InChI is InChI=1S/C11H20O4/c1-10(2)14-9(7-12)11(15-10)6-4-3-5-8(11)13/h8-9,12-13H,3-7H2,1-2H3/t8?,9-,11-/m1/s1. The Morgan fingerprint density at radius 1 is 1.33 bits per heavy atom. The van der Waals surface area contributed by atoms with Crippen LogP contribution in [0.4, 0.5) is 0 Å². The molecule has 4 nitrogen and oxygen atoms in total. The first-order chi connectivity index (χ1) is 7.00. The summed E-state index contributed by atoms with van der Waals surface area (Å²) in [6.45, 7) is 3.55. The summed E-state index contributed by atoms with van der Waals surface area (Å²) in [5, 5.41) is 19.4. The van der Waals surface area contributed by atoms with Crippen molar-refractivity contribution >= 4 is 0 Å². The van der Waals surface area contributed by atoms with Gasteiger partial charge in [0.15, 0.2) is 5.79 Å². The zero-order chi connectivity index (χ0) is 11.1. The molecule has 0 radical (unpaired) electrons. The zero-order valence-corrected chi connectivity index (χ0v) is 9.40. The molecule has 1 unspecified atom stereocenters. The lowest BCUT2D eigenvalue weighted by Crippen LogP contribution is -2.53. The maximum absolute atomic E-state index is 10.1. The third-order valence-electron chi connectivity index (χ3n) is 3.43. The molecule has 1 aliphatic carbocycles. The molecule has 2 N–H and O–H groups in total. The predicted octanol–water partition coefficient (Wildman–Crippen LogP) is 0.804. The molecule has 1 aliphatic heterocycles. The van der Waals surface area contributed by atoms with Crippen LogP contribution in [0.1, 0.15) is 39.5 Å². The third kappa shape index (κ3) is 1.80. The van der Waals surface area contributed by atoms with Gasteiger partial charge in [0, 0.05) is 0 Å². The maximum atomic E-state index is 10.1. The monoisotopic (exact) mass is 216 g/mol. The molecule has 1 heterocycles. The maximum Gasteiger partial charge on any atom is 0.164 e. The van der Waals surface area contributed by atoms with E-state index in [1.54, 1.807) is 0 Å². The molecule has 4 heteroatoms. The molecule has 2 aliphatic rings. The SMILES string of the molecule is CC1(C)O[C@H](CO)[C@]2(CCCCC2O)O1. The van der Waals surface area contributed by atoms with Crippen molar-refractivity contribution < 1.29 is 19.7 Å². The normalized spacial score (nSPS) is 44.8. The fourth-order valence-electron chi connectivity index (χ4n) is 2.83. The molecule has 0 aromatic rings. The second-order valence-electron chi connectivity index (χ2n) is 5.01. The lowest BCUT2D eigenvalue weighted by molar-refractivity contribution is -0.192. The summed E-state index contributed by atoms with van der Waals surface area (Å²) in [6.07, 6.45) is 2.62. The molecule has 3 atom stereocenters. The van der Waals surface area contributed by atoms with Gasteiger partial charge in [-0.1, -0.05) is 12.8 Å². The first-order valence-electron chi connectivity index (χ1n) is 5.67. The van der Waals surface area contributed by atoms with E-state index in [4.69, 9.17) is 9.47 Å². The molecule has 0 aromatic carbocycles. The van der Waals surface area contributed by atoms with Crippen LogP contribution < -0.4 is 0 Å². The van der Waals surface area contributed by atoms with Crippen molar-refractivity contribution in [1.29, 1.82) is 0 Å². The fraction of sp³-hybridized carbons (Fsp3) is 1.00. The van der Waals surface area contributed by atoms with Gasteiger partial charge in [0.1, 0.15) is 11.7 Å². The highest BCUT2D eigenvalue weighted by Crippen LogP contribution is 2.45. The summed E-state index contributed by atoms with van der Waals surface area (Å²) in [5.41, 5.74) is -0.684. The molecule has 0 amide bonds. The van der Waals surface area contributed by atoms with E-state index in [1.165, 1.54) is 0 Å². The highest BCUT2D eigenvalue weighted by molar-refractivity contribution is 5.03. The summed E-state index contributed by atoms with van der Waals surface area (Å²) in [4.78, 5) is 0. The van der Waals surface area contributed by atoms with Crippen LogP contribution in [0.25, 0.3) is 0 Å². The summed E-state index contributed by atoms with van der Waals surface area (Å²) in [6, 6.07) is 0. The first kappa shape index (κ1) is 11.3. The van der Waals surface area contributed by atoms with Crippen LogP contribution in [-0.4, -0.2) is 40.4 Å². The average molecular weight is 216 g/mol. The smallest absolute Gasteiger partial charge is 0.164 e. The van der Waals surface area contributed by atoms with Crippen LogP contribution in [-0.2, 0) is 9.47 Å². The molecule has 2 fully saturated rings. The van der Waals surface area contributed by atoms with Crippen molar-refractivity contribution in [3.8, 4) is 0 Å². The van der Waals surface area contributed by atoms with E-state index in [9.17, 15) is 10.2 Å². The van der Waals surface area contributed by atoms with E-state index in [1.807, 2.05) is 13.8 Å². The third-order valence-corrected chi connectivity index (χ3v) is 3.43. The van der Waals surface area contributed by atoms with Gasteiger partial charge < -0.3 is 19.7 Å². The van der Waals surface area contributed by atoms with E-state index in [2.05, 4.69) is 0 Å². The number of hydrogen-bond acceptors (Lipinski definition) is 4. The van der Waals surface area contributed by atoms with E-state index < -0.39 is 23.6 Å². The minimum absolute atomic E-state index is 0.0967. The summed E-state index contributed by atoms with van der Waals surface area (Å²) in [7, 11) is 0. The molecule has 15 heavy (non-hydrogen) atoms. The lowest BCUT2D eigenvalue weighted by atomic mass is 9.78. The zero-order valence-electron chi connectivity index (χ0n) is 9.40. The van der Waals surface area contributed by atoms with Gasteiger partial charge in [-0.15, -0.1) is 0 Å². The Bertz CT molecular complexity index is 241. The first-order valence-corrected chi connectivity index (χ1v) is 5.67. The second kappa shape index (κ2) is 3.70. The van der Waals surface area contributed by atoms with Gasteiger partial charge in [0.25, 0.3) is 0 Å². The second-order valence-corrected chi connectivity index (χ2v) is 5.01. The molecule has 88 valence electrons. The van der Waals surface area contributed by atoms with Gasteiger partial charge in [-0.2, -0.15) is 0 Å². The average Bonchev–Trinajstić information content (AvgIpc) is 2.43. The van der Waals surface area contributed by atoms with Crippen LogP contribution in [0.3, 0.4) is 0 Å². The van der Waals surface area contributed by atoms with Crippen LogP contribution in [0.2, 0.25) is 0 Å². The highest BCUT2D eigenvalue weighted by atomic mass is 16.8. The van der Waals surface area contributed by atoms with E-state index in [0.717, 1.165) is 25.7 Å². The highest BCUT2D eigenvalue weighted by Gasteiger charge is 2.57. The Kier molecular flexibility index (Phi) is 2.79. The van der Waals surface area contributed by atoms with Crippen LogP contribution >= 0.6 is 0 Å². The number of ether oxygens (including phenoxy) is 2. The number of aliphatic hydroxyl groups is 2. The van der Waals surface area contributed by atoms with Crippen molar-refractivity contribution in [2.24, 2.45) is 0 Å². The fourth-order valence-corrected chi connectivity index (χ4v) is 2.83. The van der Waals surface area contributed by atoms with Crippen molar-refractivity contribution in [3.05, 3.63) is 0 Å². The molecule has 2 rings (SSSR count). The Balaban J connectivity index is 2.24. The van der Waals surface area contributed by atoms with E-state index >= 15 is 0 Å².